The smallest absolute Gasteiger partial charge is 0.167 e. The zero-order valence-electron chi connectivity index (χ0n) is 29.9. The van der Waals surface area contributed by atoms with E-state index in [2.05, 4.69) is 9.98 Å². The highest BCUT2D eigenvalue weighted by Crippen LogP contribution is 2.54. The largest absolute Gasteiger partial charge is 0.507 e. The quantitative estimate of drug-likeness (QED) is 0.0961. The normalized spacial score (nSPS) is 20.2. The van der Waals surface area contributed by atoms with E-state index in [9.17, 15) is 47.5 Å². The molecule has 0 spiro atoms. The van der Waals surface area contributed by atoms with Crippen molar-refractivity contribution < 1.29 is 47.5 Å². The van der Waals surface area contributed by atoms with E-state index in [-0.39, 0.29) is 92.2 Å². The van der Waals surface area contributed by atoms with E-state index in [1.54, 1.807) is 26.0 Å². The van der Waals surface area contributed by atoms with Crippen LogP contribution in [0.5, 0.6) is 34.5 Å². The highest BCUT2D eigenvalue weighted by atomic mass is 32.2. The Kier molecular flexibility index (Phi) is 9.40. The summed E-state index contributed by atoms with van der Waals surface area (Å²) in [7, 11) is -6.53. The highest BCUT2D eigenvalue weighted by Gasteiger charge is 2.32. The summed E-state index contributed by atoms with van der Waals surface area (Å²) < 4.78 is 48.5. The van der Waals surface area contributed by atoms with E-state index in [0.29, 0.717) is 33.0 Å². The monoisotopic (exact) mass is 752 g/mol. The van der Waals surface area contributed by atoms with E-state index in [0.717, 1.165) is 0 Å². The van der Waals surface area contributed by atoms with Crippen molar-refractivity contribution in [2.24, 2.45) is 9.98 Å². The lowest BCUT2D eigenvalue weighted by Crippen LogP contribution is -2.08. The number of aliphatic imine (C=N–C) groups is 2. The maximum Gasteiger partial charge on any atom is 0.167 e. The molecule has 278 valence electrons. The molecule has 2 aliphatic heterocycles. The Morgan fingerprint density at radius 1 is 0.596 bits per heavy atom. The molecule has 14 heteroatoms. The molecule has 0 saturated carbocycles. The van der Waals surface area contributed by atoms with Crippen LogP contribution in [0.3, 0.4) is 0 Å². The Hall–Kier alpha value is -4.56. The lowest BCUT2D eigenvalue weighted by atomic mass is 9.83. The van der Waals surface area contributed by atoms with Gasteiger partial charge >= 0.3 is 0 Å². The fourth-order valence-corrected chi connectivity index (χ4v) is 11.0. The van der Waals surface area contributed by atoms with Gasteiger partial charge in [0.2, 0.25) is 0 Å². The SMILES string of the molecule is Cc1cc2c(C(C)C)c(O)c(O)c(C=N[C@@H]3CCS(=O)(=O)C3)c2c(O)c1-c1c(C)cc2c(C(C)C)c(O)c(O)c(C=N[C@@H]3CCS(=O)(=O)C3)c2c1O. The molecule has 12 nitrogen and oxygen atoms in total. The summed E-state index contributed by atoms with van der Waals surface area (Å²) in [4.78, 5) is 8.87. The van der Waals surface area contributed by atoms with Crippen LogP contribution in [0.25, 0.3) is 32.7 Å². The van der Waals surface area contributed by atoms with E-state index in [1.165, 1.54) is 12.4 Å². The third-order valence-corrected chi connectivity index (χ3v) is 13.7. The van der Waals surface area contributed by atoms with Crippen LogP contribution in [-0.4, -0.2) is 95.0 Å². The summed E-state index contributed by atoms with van der Waals surface area (Å²) in [5.41, 5.74) is 2.05. The summed E-state index contributed by atoms with van der Waals surface area (Å²) in [6.07, 6.45) is 3.12. The standard InChI is InChI=1S/C38H44N2O10S2/c1-17(2)27-23-11-19(5)29(35(43)31(23)25(33(41)37(27)45)13-39-21-7-9-51(47,48)15-21)30-20(6)12-24-28(18(3)4)38(46)34(42)26(32(24)36(30)44)14-40-22-8-10-52(49,50)16-22/h11-14,17-18,21-22,41-46H,7-10,15-16H2,1-6H3/t21-,22-/m1/s1. The zero-order chi connectivity index (χ0) is 38.2. The van der Waals surface area contributed by atoms with Gasteiger partial charge in [-0.1, -0.05) is 39.8 Å². The molecule has 0 aromatic heterocycles. The molecule has 0 aliphatic carbocycles. The molecule has 2 heterocycles. The van der Waals surface area contributed by atoms with Crippen molar-refractivity contribution in [1.29, 1.82) is 0 Å². The maximum absolute atomic E-state index is 12.3. The molecular formula is C38H44N2O10S2. The average Bonchev–Trinajstić information content (AvgIpc) is 3.58. The molecule has 0 bridgehead atoms. The van der Waals surface area contributed by atoms with Gasteiger partial charge < -0.3 is 30.6 Å². The van der Waals surface area contributed by atoms with Crippen LogP contribution in [0, 0.1) is 13.8 Å². The Bertz CT molecular complexity index is 2280. The van der Waals surface area contributed by atoms with Gasteiger partial charge in [-0.15, -0.1) is 0 Å². The molecule has 4 aromatic carbocycles. The van der Waals surface area contributed by atoms with Gasteiger partial charge in [-0.3, -0.25) is 9.98 Å². The van der Waals surface area contributed by atoms with Crippen molar-refractivity contribution in [3.63, 3.8) is 0 Å². The van der Waals surface area contributed by atoms with E-state index in [1.807, 2.05) is 27.7 Å². The molecule has 6 N–H and O–H groups in total. The van der Waals surface area contributed by atoms with E-state index >= 15 is 0 Å². The number of rotatable bonds is 7. The number of hydrogen-bond acceptors (Lipinski definition) is 12. The van der Waals surface area contributed by atoms with Crippen molar-refractivity contribution in [3.8, 4) is 45.6 Å². The van der Waals surface area contributed by atoms with Gasteiger partial charge in [0, 0.05) is 56.6 Å². The second-order valence-corrected chi connectivity index (χ2v) is 19.2. The van der Waals surface area contributed by atoms with Crippen molar-refractivity contribution in [2.75, 3.05) is 23.0 Å². The summed E-state index contributed by atoms with van der Waals surface area (Å²) in [5.74, 6) is -3.54. The third-order valence-electron chi connectivity index (χ3n) is 10.2. The predicted molar refractivity (Wildman–Crippen MR) is 204 cm³/mol. The van der Waals surface area contributed by atoms with E-state index < -0.39 is 54.8 Å². The number of phenolic OH excluding ortho intramolecular Hbond substituents is 6. The number of nitrogens with zero attached hydrogens (tertiary/aromatic N) is 2. The molecule has 2 fully saturated rings. The minimum Gasteiger partial charge on any atom is -0.507 e. The van der Waals surface area contributed by atoms with Gasteiger partial charge in [0.25, 0.3) is 0 Å². The predicted octanol–water partition coefficient (Wildman–Crippen LogP) is 5.97. The summed E-state index contributed by atoms with van der Waals surface area (Å²) in [6.45, 7) is 10.7. The molecule has 2 aliphatic rings. The van der Waals surface area contributed by atoms with Crippen molar-refractivity contribution in [3.05, 3.63) is 45.5 Å². The van der Waals surface area contributed by atoms with Gasteiger partial charge in [0.1, 0.15) is 11.5 Å². The first-order chi connectivity index (χ1) is 24.2. The first-order valence-corrected chi connectivity index (χ1v) is 20.8. The Morgan fingerprint density at radius 3 is 1.23 bits per heavy atom. The lowest BCUT2D eigenvalue weighted by molar-refractivity contribution is 0.398. The molecule has 0 amide bonds. The second kappa shape index (κ2) is 13.1. The summed E-state index contributed by atoms with van der Waals surface area (Å²) >= 11 is 0. The maximum atomic E-state index is 12.3. The average molecular weight is 753 g/mol. The molecule has 52 heavy (non-hydrogen) atoms. The zero-order valence-corrected chi connectivity index (χ0v) is 31.5. The first kappa shape index (κ1) is 37.2. The number of aryl methyl sites for hydroxylation is 2. The lowest BCUT2D eigenvalue weighted by Gasteiger charge is -2.23. The minimum absolute atomic E-state index is 0.0211. The van der Waals surface area contributed by atoms with Gasteiger partial charge in [-0.25, -0.2) is 16.8 Å². The van der Waals surface area contributed by atoms with Crippen LogP contribution < -0.4 is 0 Å². The molecule has 2 atom stereocenters. The Morgan fingerprint density at radius 2 is 0.942 bits per heavy atom. The van der Waals surface area contributed by atoms with Gasteiger partial charge in [0.15, 0.2) is 42.7 Å². The molecular weight excluding hydrogens is 709 g/mol. The topological polar surface area (TPSA) is 214 Å². The Balaban J connectivity index is 1.68. The Labute approximate surface area is 302 Å². The van der Waals surface area contributed by atoms with E-state index in [4.69, 9.17) is 0 Å². The van der Waals surface area contributed by atoms with Crippen molar-refractivity contribution >= 4 is 53.6 Å². The summed E-state index contributed by atoms with van der Waals surface area (Å²) in [5, 5.41) is 70.7. The molecule has 0 radical (unpaired) electrons. The fraction of sp³-hybridized carbons (Fsp3) is 0.421. The van der Waals surface area contributed by atoms with Crippen LogP contribution in [0.1, 0.15) is 85.8 Å². The minimum atomic E-state index is -3.27. The second-order valence-electron chi connectivity index (χ2n) is 14.7. The van der Waals surface area contributed by atoms with Gasteiger partial charge in [0.05, 0.1) is 35.1 Å². The van der Waals surface area contributed by atoms with Crippen LogP contribution in [0.4, 0.5) is 0 Å². The van der Waals surface area contributed by atoms with Crippen LogP contribution >= 0.6 is 0 Å². The van der Waals surface area contributed by atoms with Crippen LogP contribution in [0.2, 0.25) is 0 Å². The molecule has 2 saturated heterocycles. The number of phenols is 6. The number of hydrogen-bond donors (Lipinski definition) is 6. The highest BCUT2D eigenvalue weighted by molar-refractivity contribution is 7.91. The van der Waals surface area contributed by atoms with Crippen LogP contribution in [0.15, 0.2) is 22.1 Å². The van der Waals surface area contributed by atoms with Crippen molar-refractivity contribution in [2.45, 2.75) is 78.3 Å². The molecule has 0 unspecified atom stereocenters. The fourth-order valence-electron chi connectivity index (χ4n) is 7.77. The molecule has 4 aromatic rings. The number of fused-ring (bicyclic) bond motifs is 2. The number of sulfone groups is 2. The van der Waals surface area contributed by atoms with Crippen molar-refractivity contribution in [1.82, 2.24) is 0 Å². The number of benzene rings is 4. The summed E-state index contributed by atoms with van der Waals surface area (Å²) in [6, 6.07) is 2.31. The number of aromatic hydroxyl groups is 6. The van der Waals surface area contributed by atoms with Gasteiger partial charge in [-0.05, 0) is 60.4 Å². The van der Waals surface area contributed by atoms with Crippen LogP contribution in [-0.2, 0) is 19.7 Å². The van der Waals surface area contributed by atoms with Gasteiger partial charge in [-0.2, -0.15) is 0 Å². The molecule has 6 rings (SSSR count). The first-order valence-electron chi connectivity index (χ1n) is 17.2. The third kappa shape index (κ3) is 6.29.